The van der Waals surface area contributed by atoms with Gasteiger partial charge in [0.15, 0.2) is 0 Å². The Labute approximate surface area is 155 Å². The first-order valence-electron chi connectivity index (χ1n) is 7.81. The van der Waals surface area contributed by atoms with Crippen LogP contribution in [0.3, 0.4) is 0 Å². The van der Waals surface area contributed by atoms with Gasteiger partial charge in [0, 0.05) is 18.9 Å². The van der Waals surface area contributed by atoms with Gasteiger partial charge >= 0.3 is 0 Å². The molecule has 7 N–H and O–H groups in total. The molecule has 1 aromatic carbocycles. The van der Waals surface area contributed by atoms with Gasteiger partial charge in [0.25, 0.3) is 0 Å². The first kappa shape index (κ1) is 21.1. The van der Waals surface area contributed by atoms with Crippen molar-refractivity contribution in [2.24, 2.45) is 0 Å². The predicted molar refractivity (Wildman–Crippen MR) is 106 cm³/mol. The molecule has 0 atom stereocenters. The van der Waals surface area contributed by atoms with Gasteiger partial charge in [0.2, 0.25) is 5.95 Å². The molecule has 8 nitrogen and oxygen atoms in total. The van der Waals surface area contributed by atoms with Crippen LogP contribution in [0.2, 0.25) is 0 Å². The van der Waals surface area contributed by atoms with E-state index < -0.39 is 0 Å². The van der Waals surface area contributed by atoms with E-state index in [1.54, 1.807) is 13.8 Å². The second-order valence-corrected chi connectivity index (χ2v) is 5.71. The number of nitrogens with one attached hydrogen (secondary N) is 1. The molecular weight excluding hydrogens is 352 g/mol. The number of thiophene rings is 1. The van der Waals surface area contributed by atoms with Crippen molar-refractivity contribution < 1.29 is 10.2 Å². The third-order valence-corrected chi connectivity index (χ3v) is 3.84. The van der Waals surface area contributed by atoms with Gasteiger partial charge in [0.05, 0.1) is 4.70 Å². The summed E-state index contributed by atoms with van der Waals surface area (Å²) in [6.07, 6.45) is 0. The lowest BCUT2D eigenvalue weighted by Gasteiger charge is -2.02. The number of aromatic nitrogens is 2. The van der Waals surface area contributed by atoms with Gasteiger partial charge < -0.3 is 27.0 Å². The Kier molecular flexibility index (Phi) is 8.80. The van der Waals surface area contributed by atoms with E-state index in [4.69, 9.17) is 21.7 Å². The number of nitriles is 1. The van der Waals surface area contributed by atoms with E-state index >= 15 is 0 Å². The van der Waals surface area contributed by atoms with Crippen molar-refractivity contribution in [2.45, 2.75) is 13.8 Å². The van der Waals surface area contributed by atoms with Crippen molar-refractivity contribution in [2.75, 3.05) is 30.0 Å². The smallest absolute Gasteiger partial charge is 0.222 e. The van der Waals surface area contributed by atoms with E-state index in [0.29, 0.717) is 20.8 Å². The summed E-state index contributed by atoms with van der Waals surface area (Å²) in [5, 5.41) is 28.4. The van der Waals surface area contributed by atoms with Crippen molar-refractivity contribution in [1.82, 2.24) is 9.97 Å². The number of hydrogen-bond donors (Lipinski definition) is 5. The van der Waals surface area contributed by atoms with Crippen LogP contribution in [0, 0.1) is 11.3 Å². The van der Waals surface area contributed by atoms with Crippen LogP contribution in [-0.2, 0) is 0 Å². The highest BCUT2D eigenvalue weighted by Gasteiger charge is 2.17. The Morgan fingerprint density at radius 1 is 1.12 bits per heavy atom. The van der Waals surface area contributed by atoms with Gasteiger partial charge in [-0.3, -0.25) is 0 Å². The van der Waals surface area contributed by atoms with E-state index in [2.05, 4.69) is 21.4 Å². The van der Waals surface area contributed by atoms with Gasteiger partial charge in [-0.15, -0.1) is 11.3 Å². The molecule has 138 valence electrons. The van der Waals surface area contributed by atoms with Crippen LogP contribution < -0.4 is 16.8 Å². The third kappa shape index (κ3) is 5.56. The standard InChI is InChI=1S/C13H10N6S.2C2H6O/c14-6-8-9-10(11(15)19-13(16)18-9)20-12(8)17-7-4-2-1-3-5-7;2*1-2-3/h1-5,17H,(H4,15,16,18,19);2*3H,2H2,1H3. The summed E-state index contributed by atoms with van der Waals surface area (Å²) in [6, 6.07) is 11.7. The number of aliphatic hydroxyl groups is 2. The van der Waals surface area contributed by atoms with Crippen molar-refractivity contribution in [3.63, 3.8) is 0 Å². The fraction of sp³-hybridized carbons (Fsp3) is 0.235. The number of benzene rings is 1. The summed E-state index contributed by atoms with van der Waals surface area (Å²) in [4.78, 5) is 8.02. The topological polar surface area (TPSA) is 154 Å². The van der Waals surface area contributed by atoms with E-state index in [0.717, 1.165) is 5.69 Å². The molecule has 0 spiro atoms. The molecular formula is C17H22N6O2S. The number of nitrogen functional groups attached to an aromatic ring is 2. The summed E-state index contributed by atoms with van der Waals surface area (Å²) in [6.45, 7) is 3.86. The van der Waals surface area contributed by atoms with Gasteiger partial charge in [-0.05, 0) is 26.0 Å². The Bertz CT molecular complexity index is 859. The summed E-state index contributed by atoms with van der Waals surface area (Å²) in [7, 11) is 0. The molecule has 2 heterocycles. The van der Waals surface area contributed by atoms with E-state index in [1.165, 1.54) is 11.3 Å². The van der Waals surface area contributed by atoms with Crippen molar-refractivity contribution in [1.29, 1.82) is 5.26 Å². The van der Waals surface area contributed by atoms with Gasteiger partial charge in [0.1, 0.15) is 28.0 Å². The Balaban J connectivity index is 0.000000499. The lowest BCUT2D eigenvalue weighted by molar-refractivity contribution is 0.318. The summed E-state index contributed by atoms with van der Waals surface area (Å²) in [5.41, 5.74) is 13.2. The van der Waals surface area contributed by atoms with E-state index in [9.17, 15) is 5.26 Å². The second-order valence-electron chi connectivity index (χ2n) is 4.69. The fourth-order valence-electron chi connectivity index (χ4n) is 1.86. The largest absolute Gasteiger partial charge is 0.397 e. The average molecular weight is 374 g/mol. The third-order valence-electron chi connectivity index (χ3n) is 2.72. The molecule has 3 rings (SSSR count). The quantitative estimate of drug-likeness (QED) is 0.458. The molecule has 3 aromatic rings. The van der Waals surface area contributed by atoms with Crippen LogP contribution in [-0.4, -0.2) is 33.4 Å². The molecule has 26 heavy (non-hydrogen) atoms. The lowest BCUT2D eigenvalue weighted by atomic mass is 10.2. The summed E-state index contributed by atoms with van der Waals surface area (Å²) < 4.78 is 0.661. The lowest BCUT2D eigenvalue weighted by Crippen LogP contribution is -1.99. The molecule has 2 aromatic heterocycles. The van der Waals surface area contributed by atoms with Crippen LogP contribution >= 0.6 is 11.3 Å². The highest BCUT2D eigenvalue weighted by molar-refractivity contribution is 7.23. The van der Waals surface area contributed by atoms with Crippen LogP contribution in [0.15, 0.2) is 30.3 Å². The second kappa shape index (κ2) is 10.8. The number of anilines is 4. The van der Waals surface area contributed by atoms with Crippen LogP contribution in [0.1, 0.15) is 19.4 Å². The number of para-hydroxylation sites is 1. The summed E-state index contributed by atoms with van der Waals surface area (Å²) >= 11 is 1.34. The molecule has 0 bridgehead atoms. The minimum Gasteiger partial charge on any atom is -0.397 e. The minimum atomic E-state index is 0.0653. The van der Waals surface area contributed by atoms with Gasteiger partial charge in [-0.1, -0.05) is 18.2 Å². The molecule has 0 radical (unpaired) electrons. The van der Waals surface area contributed by atoms with Crippen LogP contribution in [0.5, 0.6) is 0 Å². The molecule has 0 unspecified atom stereocenters. The maximum atomic E-state index is 9.34. The molecule has 0 aliphatic rings. The number of fused-ring (bicyclic) bond motifs is 1. The first-order valence-corrected chi connectivity index (χ1v) is 8.63. The zero-order valence-electron chi connectivity index (χ0n) is 14.6. The molecule has 9 heteroatoms. The highest BCUT2D eigenvalue weighted by atomic mass is 32.1. The van der Waals surface area contributed by atoms with Crippen LogP contribution in [0.4, 0.5) is 22.5 Å². The van der Waals surface area contributed by atoms with Crippen LogP contribution in [0.25, 0.3) is 10.2 Å². The van der Waals surface area contributed by atoms with Crippen molar-refractivity contribution >= 4 is 44.0 Å². The fourth-order valence-corrected chi connectivity index (χ4v) is 2.87. The average Bonchev–Trinajstić information content (AvgIpc) is 2.94. The highest BCUT2D eigenvalue weighted by Crippen LogP contribution is 2.38. The summed E-state index contributed by atoms with van der Waals surface area (Å²) in [5.74, 6) is 0.352. The maximum Gasteiger partial charge on any atom is 0.222 e. The van der Waals surface area contributed by atoms with Crippen molar-refractivity contribution in [3.05, 3.63) is 35.9 Å². The number of rotatable bonds is 2. The normalized spacial score (nSPS) is 9.35. The first-order chi connectivity index (χ1) is 12.5. The number of nitrogens with two attached hydrogens (primary N) is 2. The molecule has 0 fully saturated rings. The Hall–Kier alpha value is -2.93. The Morgan fingerprint density at radius 3 is 2.23 bits per heavy atom. The predicted octanol–water partition coefficient (Wildman–Crippen LogP) is 2.47. The molecule has 0 aliphatic heterocycles. The maximum absolute atomic E-state index is 9.34. The van der Waals surface area contributed by atoms with E-state index in [-0.39, 0.29) is 25.0 Å². The monoisotopic (exact) mass is 374 g/mol. The zero-order valence-corrected chi connectivity index (χ0v) is 15.4. The SMILES string of the molecule is CCO.CCO.N#Cc1c(Nc2ccccc2)sc2c(N)nc(N)nc12. The van der Waals surface area contributed by atoms with Crippen molar-refractivity contribution in [3.8, 4) is 6.07 Å². The molecule has 0 saturated heterocycles. The van der Waals surface area contributed by atoms with E-state index in [1.807, 2.05) is 30.3 Å². The van der Waals surface area contributed by atoms with Gasteiger partial charge in [-0.25, -0.2) is 4.98 Å². The number of aliphatic hydroxyl groups excluding tert-OH is 2. The number of nitrogens with zero attached hydrogens (tertiary/aromatic N) is 3. The zero-order chi connectivity index (χ0) is 19.5. The van der Waals surface area contributed by atoms with Gasteiger partial charge in [-0.2, -0.15) is 10.2 Å². The molecule has 0 saturated carbocycles. The molecule has 0 aliphatic carbocycles. The molecule has 0 amide bonds. The number of hydrogen-bond acceptors (Lipinski definition) is 9. The minimum absolute atomic E-state index is 0.0653. The Morgan fingerprint density at radius 2 is 1.69 bits per heavy atom.